The first-order valence-corrected chi connectivity index (χ1v) is 5.79. The quantitative estimate of drug-likeness (QED) is 0.662. The molecule has 90 valence electrons. The number of carbonyl (C=O) groups excluding carboxylic acids is 1. The lowest BCUT2D eigenvalue weighted by atomic mass is 9.88. The fraction of sp³-hybridized carbons (Fsp3) is 0.917. The molecule has 0 aromatic heterocycles. The van der Waals surface area contributed by atoms with Crippen LogP contribution in [0.5, 0.6) is 0 Å². The SMILES string of the molecule is CCCOCCC(C)(C)C(=O)NC(C)C. The molecule has 1 amide bonds. The van der Waals surface area contributed by atoms with E-state index in [0.717, 1.165) is 19.4 Å². The van der Waals surface area contributed by atoms with Crippen molar-refractivity contribution in [2.24, 2.45) is 5.41 Å². The molecule has 0 unspecified atom stereocenters. The average Bonchev–Trinajstić information content (AvgIpc) is 2.11. The van der Waals surface area contributed by atoms with Crippen LogP contribution in [0.25, 0.3) is 0 Å². The first-order chi connectivity index (χ1) is 6.90. The first-order valence-electron chi connectivity index (χ1n) is 5.79. The Morgan fingerprint density at radius 1 is 1.33 bits per heavy atom. The molecule has 0 rings (SSSR count). The van der Waals surface area contributed by atoms with Crippen LogP contribution < -0.4 is 5.32 Å². The highest BCUT2D eigenvalue weighted by Crippen LogP contribution is 2.20. The Labute approximate surface area is 93.6 Å². The molecule has 0 aromatic rings. The third-order valence-electron chi connectivity index (χ3n) is 2.25. The highest BCUT2D eigenvalue weighted by Gasteiger charge is 2.27. The number of carbonyl (C=O) groups is 1. The van der Waals surface area contributed by atoms with E-state index in [0.29, 0.717) is 6.61 Å². The summed E-state index contributed by atoms with van der Waals surface area (Å²) in [4.78, 5) is 11.8. The Morgan fingerprint density at radius 2 is 1.93 bits per heavy atom. The summed E-state index contributed by atoms with van der Waals surface area (Å²) in [6, 6.07) is 0.202. The van der Waals surface area contributed by atoms with Gasteiger partial charge in [-0.25, -0.2) is 0 Å². The Bertz CT molecular complexity index is 188. The third-order valence-corrected chi connectivity index (χ3v) is 2.25. The molecule has 0 atom stereocenters. The Hall–Kier alpha value is -0.570. The van der Waals surface area contributed by atoms with Crippen molar-refractivity contribution in [3.05, 3.63) is 0 Å². The van der Waals surface area contributed by atoms with E-state index < -0.39 is 0 Å². The minimum Gasteiger partial charge on any atom is -0.381 e. The molecule has 15 heavy (non-hydrogen) atoms. The second-order valence-electron chi connectivity index (χ2n) is 4.87. The summed E-state index contributed by atoms with van der Waals surface area (Å²) in [5.41, 5.74) is -0.335. The minimum atomic E-state index is -0.335. The number of rotatable bonds is 7. The number of hydrogen-bond acceptors (Lipinski definition) is 2. The van der Waals surface area contributed by atoms with Gasteiger partial charge in [-0.1, -0.05) is 20.8 Å². The van der Waals surface area contributed by atoms with Gasteiger partial charge in [-0.2, -0.15) is 0 Å². The fourth-order valence-electron chi connectivity index (χ4n) is 1.14. The Kier molecular flexibility index (Phi) is 6.57. The van der Waals surface area contributed by atoms with Crippen LogP contribution in [0.3, 0.4) is 0 Å². The van der Waals surface area contributed by atoms with E-state index in [2.05, 4.69) is 12.2 Å². The first kappa shape index (κ1) is 14.4. The normalized spacial score (nSPS) is 11.9. The van der Waals surface area contributed by atoms with E-state index in [4.69, 9.17) is 4.74 Å². The van der Waals surface area contributed by atoms with Crippen molar-refractivity contribution in [1.29, 1.82) is 0 Å². The van der Waals surface area contributed by atoms with Crippen molar-refractivity contribution in [2.45, 2.75) is 53.5 Å². The van der Waals surface area contributed by atoms with Crippen LogP contribution in [-0.2, 0) is 9.53 Å². The molecule has 3 heteroatoms. The molecule has 0 aromatic carbocycles. The molecule has 0 aliphatic heterocycles. The number of hydrogen-bond donors (Lipinski definition) is 1. The second-order valence-corrected chi connectivity index (χ2v) is 4.87. The predicted octanol–water partition coefficient (Wildman–Crippen LogP) is 2.35. The number of ether oxygens (including phenoxy) is 1. The van der Waals surface area contributed by atoms with E-state index in [1.54, 1.807) is 0 Å². The second kappa shape index (κ2) is 6.83. The lowest BCUT2D eigenvalue weighted by molar-refractivity contribution is -0.130. The van der Waals surface area contributed by atoms with Gasteiger partial charge in [0.1, 0.15) is 0 Å². The molecule has 0 saturated carbocycles. The van der Waals surface area contributed by atoms with Gasteiger partial charge in [-0.15, -0.1) is 0 Å². The van der Waals surface area contributed by atoms with Gasteiger partial charge in [0.25, 0.3) is 0 Å². The maximum Gasteiger partial charge on any atom is 0.225 e. The fourth-order valence-corrected chi connectivity index (χ4v) is 1.14. The van der Waals surface area contributed by atoms with Gasteiger partial charge in [0.2, 0.25) is 5.91 Å². The summed E-state index contributed by atoms with van der Waals surface area (Å²) < 4.78 is 5.39. The Morgan fingerprint density at radius 3 is 2.40 bits per heavy atom. The zero-order chi connectivity index (χ0) is 11.9. The van der Waals surface area contributed by atoms with Crippen molar-refractivity contribution in [3.8, 4) is 0 Å². The number of amides is 1. The standard InChI is InChI=1S/C12H25NO2/c1-6-8-15-9-7-12(4,5)11(14)13-10(2)3/h10H,6-9H2,1-5H3,(H,13,14). The van der Waals surface area contributed by atoms with Crippen LogP contribution in [0, 0.1) is 5.41 Å². The number of nitrogens with one attached hydrogen (secondary N) is 1. The van der Waals surface area contributed by atoms with Crippen molar-refractivity contribution < 1.29 is 9.53 Å². The van der Waals surface area contributed by atoms with E-state index in [9.17, 15) is 4.79 Å². The van der Waals surface area contributed by atoms with Crippen molar-refractivity contribution in [1.82, 2.24) is 5.32 Å². The van der Waals surface area contributed by atoms with Crippen molar-refractivity contribution in [2.75, 3.05) is 13.2 Å². The molecule has 3 nitrogen and oxygen atoms in total. The van der Waals surface area contributed by atoms with Gasteiger partial charge < -0.3 is 10.1 Å². The molecule has 0 aliphatic carbocycles. The summed E-state index contributed by atoms with van der Waals surface area (Å²) in [7, 11) is 0. The summed E-state index contributed by atoms with van der Waals surface area (Å²) in [5.74, 6) is 0.109. The van der Waals surface area contributed by atoms with E-state index in [-0.39, 0.29) is 17.4 Å². The predicted molar refractivity (Wildman–Crippen MR) is 62.8 cm³/mol. The van der Waals surface area contributed by atoms with Crippen LogP contribution in [0.15, 0.2) is 0 Å². The molecule has 0 heterocycles. The van der Waals surface area contributed by atoms with Crippen LogP contribution in [-0.4, -0.2) is 25.2 Å². The third kappa shape index (κ3) is 6.50. The molecular weight excluding hydrogens is 190 g/mol. The van der Waals surface area contributed by atoms with Crippen LogP contribution >= 0.6 is 0 Å². The summed E-state index contributed by atoms with van der Waals surface area (Å²) in [5, 5.41) is 2.93. The van der Waals surface area contributed by atoms with Gasteiger partial charge in [-0.05, 0) is 26.7 Å². The van der Waals surface area contributed by atoms with Gasteiger partial charge in [0, 0.05) is 24.7 Å². The largest absolute Gasteiger partial charge is 0.381 e. The molecule has 0 radical (unpaired) electrons. The highest BCUT2D eigenvalue weighted by molar-refractivity contribution is 5.81. The summed E-state index contributed by atoms with van der Waals surface area (Å²) in [6.07, 6.45) is 1.80. The van der Waals surface area contributed by atoms with Crippen molar-refractivity contribution >= 4 is 5.91 Å². The molecule has 0 spiro atoms. The maximum atomic E-state index is 11.8. The zero-order valence-corrected chi connectivity index (χ0v) is 10.7. The molecule has 0 bridgehead atoms. The zero-order valence-electron chi connectivity index (χ0n) is 10.7. The maximum absolute atomic E-state index is 11.8. The van der Waals surface area contributed by atoms with Crippen molar-refractivity contribution in [3.63, 3.8) is 0 Å². The molecular formula is C12H25NO2. The summed E-state index contributed by atoms with van der Waals surface area (Å²) in [6.45, 7) is 11.4. The smallest absolute Gasteiger partial charge is 0.225 e. The highest BCUT2D eigenvalue weighted by atomic mass is 16.5. The molecule has 0 aliphatic rings. The van der Waals surface area contributed by atoms with Crippen LogP contribution in [0.4, 0.5) is 0 Å². The lowest BCUT2D eigenvalue weighted by Gasteiger charge is -2.24. The van der Waals surface area contributed by atoms with Gasteiger partial charge in [0.15, 0.2) is 0 Å². The average molecular weight is 215 g/mol. The van der Waals surface area contributed by atoms with Crippen LogP contribution in [0.1, 0.15) is 47.5 Å². The monoisotopic (exact) mass is 215 g/mol. The minimum absolute atomic E-state index is 0.109. The van der Waals surface area contributed by atoms with Gasteiger partial charge in [0.05, 0.1) is 0 Å². The van der Waals surface area contributed by atoms with E-state index >= 15 is 0 Å². The van der Waals surface area contributed by atoms with E-state index in [1.807, 2.05) is 27.7 Å². The molecule has 1 N–H and O–H groups in total. The van der Waals surface area contributed by atoms with E-state index in [1.165, 1.54) is 0 Å². The Balaban J connectivity index is 3.88. The summed E-state index contributed by atoms with van der Waals surface area (Å²) >= 11 is 0. The van der Waals surface area contributed by atoms with Gasteiger partial charge >= 0.3 is 0 Å². The molecule has 0 fully saturated rings. The van der Waals surface area contributed by atoms with Crippen LogP contribution in [0.2, 0.25) is 0 Å². The topological polar surface area (TPSA) is 38.3 Å². The lowest BCUT2D eigenvalue weighted by Crippen LogP contribution is -2.41. The molecule has 0 saturated heterocycles. The van der Waals surface area contributed by atoms with Gasteiger partial charge in [-0.3, -0.25) is 4.79 Å².